The Bertz CT molecular complexity index is 321. The predicted octanol–water partition coefficient (Wildman–Crippen LogP) is 3.78. The van der Waals surface area contributed by atoms with Crippen LogP contribution in [0.5, 0.6) is 0 Å². The molecule has 0 aromatic carbocycles. The fraction of sp³-hybridized carbons (Fsp3) is 0.938. The van der Waals surface area contributed by atoms with Gasteiger partial charge in [0, 0.05) is 18.3 Å². The second kappa shape index (κ2) is 6.50. The third-order valence-corrected chi connectivity index (χ3v) is 5.98. The highest BCUT2D eigenvalue weighted by Crippen LogP contribution is 2.41. The van der Waals surface area contributed by atoms with Crippen molar-refractivity contribution in [2.24, 2.45) is 17.3 Å². The number of thioether (sulfide) groups is 1. The summed E-state index contributed by atoms with van der Waals surface area (Å²) >= 11 is 2.07. The molecule has 2 rings (SSSR count). The predicted molar refractivity (Wildman–Crippen MR) is 83.2 cm³/mol. The Kier molecular flexibility index (Phi) is 5.20. The van der Waals surface area contributed by atoms with E-state index in [4.69, 9.17) is 0 Å². The van der Waals surface area contributed by atoms with E-state index in [0.717, 1.165) is 12.3 Å². The summed E-state index contributed by atoms with van der Waals surface area (Å²) in [5, 5.41) is 9.47. The molecule has 3 atom stereocenters. The molecule has 0 spiro atoms. The Morgan fingerprint density at radius 2 is 1.95 bits per heavy atom. The molecule has 1 aliphatic carbocycles. The highest BCUT2D eigenvalue weighted by molar-refractivity contribution is 7.99. The quantitative estimate of drug-likeness (QED) is 0.731. The van der Waals surface area contributed by atoms with E-state index >= 15 is 0 Å². The standard InChI is InChI=1S/C16H28N2S/c1-16(2,3)14-6-5-13(12-17)15(11-14)18-7-4-9-19-10-8-18/h13-15H,4-11H2,1-3H3. The highest BCUT2D eigenvalue weighted by atomic mass is 32.2. The first-order chi connectivity index (χ1) is 9.02. The van der Waals surface area contributed by atoms with Crippen molar-refractivity contribution >= 4 is 11.8 Å². The summed E-state index contributed by atoms with van der Waals surface area (Å²) in [6, 6.07) is 3.11. The van der Waals surface area contributed by atoms with E-state index in [0.29, 0.717) is 11.5 Å². The Hall–Kier alpha value is -0.200. The lowest BCUT2D eigenvalue weighted by Crippen LogP contribution is -2.46. The van der Waals surface area contributed by atoms with E-state index in [1.807, 2.05) is 0 Å². The molecule has 2 nitrogen and oxygen atoms in total. The Morgan fingerprint density at radius 3 is 2.63 bits per heavy atom. The fourth-order valence-corrected chi connectivity index (χ4v) is 4.49. The van der Waals surface area contributed by atoms with E-state index in [9.17, 15) is 5.26 Å². The lowest BCUT2D eigenvalue weighted by atomic mass is 9.68. The molecule has 2 aliphatic rings. The van der Waals surface area contributed by atoms with Crippen molar-refractivity contribution in [3.63, 3.8) is 0 Å². The van der Waals surface area contributed by atoms with Crippen LogP contribution in [0.4, 0.5) is 0 Å². The third kappa shape index (κ3) is 3.89. The largest absolute Gasteiger partial charge is 0.298 e. The van der Waals surface area contributed by atoms with E-state index in [2.05, 4.69) is 43.5 Å². The van der Waals surface area contributed by atoms with E-state index < -0.39 is 0 Å². The molecule has 3 heteroatoms. The van der Waals surface area contributed by atoms with Crippen LogP contribution in [0.25, 0.3) is 0 Å². The minimum Gasteiger partial charge on any atom is -0.298 e. The van der Waals surface area contributed by atoms with Crippen LogP contribution in [0.15, 0.2) is 0 Å². The Morgan fingerprint density at radius 1 is 1.16 bits per heavy atom. The zero-order valence-electron chi connectivity index (χ0n) is 12.7. The van der Waals surface area contributed by atoms with Gasteiger partial charge < -0.3 is 0 Å². The minimum absolute atomic E-state index is 0.265. The molecule has 1 saturated carbocycles. The van der Waals surface area contributed by atoms with Crippen LogP contribution in [0.2, 0.25) is 0 Å². The molecule has 2 fully saturated rings. The van der Waals surface area contributed by atoms with Crippen LogP contribution < -0.4 is 0 Å². The van der Waals surface area contributed by atoms with Crippen molar-refractivity contribution in [2.75, 3.05) is 24.6 Å². The lowest BCUT2D eigenvalue weighted by Gasteiger charge is -2.44. The zero-order valence-corrected chi connectivity index (χ0v) is 13.5. The average molecular weight is 280 g/mol. The number of rotatable bonds is 1. The monoisotopic (exact) mass is 280 g/mol. The average Bonchev–Trinajstić information content (AvgIpc) is 2.65. The van der Waals surface area contributed by atoms with Gasteiger partial charge in [-0.1, -0.05) is 20.8 Å². The van der Waals surface area contributed by atoms with Gasteiger partial charge in [-0.25, -0.2) is 0 Å². The molecular weight excluding hydrogens is 252 g/mol. The Labute approximate surface area is 122 Å². The van der Waals surface area contributed by atoms with Gasteiger partial charge in [-0.15, -0.1) is 0 Å². The second-order valence-corrected chi connectivity index (χ2v) is 8.41. The maximum absolute atomic E-state index is 9.47. The number of hydrogen-bond donors (Lipinski definition) is 0. The second-order valence-electron chi connectivity index (χ2n) is 7.18. The van der Waals surface area contributed by atoms with Crippen molar-refractivity contribution in [2.45, 2.75) is 52.5 Å². The first kappa shape index (κ1) is 15.2. The smallest absolute Gasteiger partial charge is 0.0672 e. The maximum Gasteiger partial charge on any atom is 0.0672 e. The van der Waals surface area contributed by atoms with Crippen LogP contribution in [0.3, 0.4) is 0 Å². The number of nitriles is 1. The van der Waals surface area contributed by atoms with Crippen LogP contribution in [0, 0.1) is 28.6 Å². The molecule has 0 aromatic heterocycles. The van der Waals surface area contributed by atoms with Crippen LogP contribution in [-0.4, -0.2) is 35.5 Å². The van der Waals surface area contributed by atoms with Gasteiger partial charge in [0.15, 0.2) is 0 Å². The zero-order chi connectivity index (χ0) is 13.9. The van der Waals surface area contributed by atoms with Gasteiger partial charge >= 0.3 is 0 Å². The molecule has 0 radical (unpaired) electrons. The SMILES string of the molecule is CC(C)(C)C1CCC(C#N)C(N2CCCSCC2)C1. The van der Waals surface area contributed by atoms with Crippen molar-refractivity contribution in [1.29, 1.82) is 5.26 Å². The molecular formula is C16H28N2S. The summed E-state index contributed by atoms with van der Waals surface area (Å²) in [6.45, 7) is 9.47. The van der Waals surface area contributed by atoms with Crippen LogP contribution in [-0.2, 0) is 0 Å². The summed E-state index contributed by atoms with van der Waals surface area (Å²) < 4.78 is 0. The van der Waals surface area contributed by atoms with Gasteiger partial charge in [0.05, 0.1) is 12.0 Å². The van der Waals surface area contributed by atoms with Gasteiger partial charge in [-0.05, 0) is 49.3 Å². The Balaban J connectivity index is 2.07. The van der Waals surface area contributed by atoms with E-state index in [-0.39, 0.29) is 5.92 Å². The molecule has 0 N–H and O–H groups in total. The first-order valence-corrected chi connectivity index (χ1v) is 8.89. The summed E-state index contributed by atoms with van der Waals surface area (Å²) in [5.41, 5.74) is 0.388. The first-order valence-electron chi connectivity index (χ1n) is 7.74. The number of nitrogens with zero attached hydrogens (tertiary/aromatic N) is 2. The molecule has 1 saturated heterocycles. The van der Waals surface area contributed by atoms with Gasteiger partial charge in [0.1, 0.15) is 0 Å². The topological polar surface area (TPSA) is 27.0 Å². The lowest BCUT2D eigenvalue weighted by molar-refractivity contribution is 0.0648. The van der Waals surface area contributed by atoms with Gasteiger partial charge in [0.2, 0.25) is 0 Å². The summed E-state index contributed by atoms with van der Waals surface area (Å²) in [5.74, 6) is 3.58. The minimum atomic E-state index is 0.265. The van der Waals surface area contributed by atoms with Crippen molar-refractivity contribution in [3.8, 4) is 6.07 Å². The van der Waals surface area contributed by atoms with E-state index in [1.165, 1.54) is 43.9 Å². The van der Waals surface area contributed by atoms with Crippen molar-refractivity contribution < 1.29 is 0 Å². The molecule has 0 bridgehead atoms. The van der Waals surface area contributed by atoms with Crippen molar-refractivity contribution in [1.82, 2.24) is 4.90 Å². The van der Waals surface area contributed by atoms with Gasteiger partial charge in [0.25, 0.3) is 0 Å². The van der Waals surface area contributed by atoms with Crippen molar-refractivity contribution in [3.05, 3.63) is 0 Å². The van der Waals surface area contributed by atoms with Crippen LogP contribution in [0.1, 0.15) is 46.5 Å². The fourth-order valence-electron chi connectivity index (χ4n) is 3.58. The maximum atomic E-state index is 9.47. The summed E-state index contributed by atoms with van der Waals surface area (Å²) in [7, 11) is 0. The highest BCUT2D eigenvalue weighted by Gasteiger charge is 2.38. The van der Waals surface area contributed by atoms with Gasteiger partial charge in [-0.2, -0.15) is 17.0 Å². The molecule has 108 valence electrons. The van der Waals surface area contributed by atoms with Gasteiger partial charge in [-0.3, -0.25) is 4.90 Å². The summed E-state index contributed by atoms with van der Waals surface area (Å²) in [6.07, 6.45) is 4.86. The molecule has 1 aliphatic heterocycles. The summed E-state index contributed by atoms with van der Waals surface area (Å²) in [4.78, 5) is 2.63. The molecule has 0 amide bonds. The van der Waals surface area contributed by atoms with E-state index in [1.54, 1.807) is 0 Å². The number of hydrogen-bond acceptors (Lipinski definition) is 3. The molecule has 19 heavy (non-hydrogen) atoms. The normalized spacial score (nSPS) is 34.5. The van der Waals surface area contributed by atoms with Crippen LogP contribution >= 0.6 is 11.8 Å². The molecule has 0 aromatic rings. The molecule has 1 heterocycles. The molecule has 3 unspecified atom stereocenters. The third-order valence-electron chi connectivity index (χ3n) is 4.93.